The van der Waals surface area contributed by atoms with Gasteiger partial charge in [0.25, 0.3) is 0 Å². The van der Waals surface area contributed by atoms with Crippen LogP contribution < -0.4 is 14.2 Å². The summed E-state index contributed by atoms with van der Waals surface area (Å²) in [6, 6.07) is 20.1. The molecule has 4 rings (SSSR count). The topological polar surface area (TPSA) is 81.2 Å². The van der Waals surface area contributed by atoms with Crippen LogP contribution in [0.25, 0.3) is 0 Å². The Balaban J connectivity index is 1.61. The molecule has 0 N–H and O–H groups in total. The summed E-state index contributed by atoms with van der Waals surface area (Å²) < 4.78 is 37.0. The van der Waals surface area contributed by atoms with Gasteiger partial charge < -0.3 is 28.1 Å². The zero-order valence-corrected chi connectivity index (χ0v) is 26.9. The van der Waals surface area contributed by atoms with Crippen LogP contribution >= 0.6 is 11.8 Å². The van der Waals surface area contributed by atoms with E-state index in [0.29, 0.717) is 18.9 Å². The molecule has 222 valence electrons. The SMILES string of the molecule is COc1ccc(CO[C@@H]2[C@@H](COc3nccc(OC)n3)O[C@@H](Sc3ccccc3)C[C@H]2O[Si](C)(C)C(C)(C)C)cc1. The van der Waals surface area contributed by atoms with Crippen LogP contribution in [0.15, 0.2) is 71.8 Å². The Kier molecular flexibility index (Phi) is 10.7. The quantitative estimate of drug-likeness (QED) is 0.210. The van der Waals surface area contributed by atoms with Gasteiger partial charge in [-0.15, -0.1) is 0 Å². The molecular weight excluding hydrogens is 557 g/mol. The molecule has 1 fully saturated rings. The van der Waals surface area contributed by atoms with Gasteiger partial charge >= 0.3 is 6.01 Å². The highest BCUT2D eigenvalue weighted by atomic mass is 32.2. The van der Waals surface area contributed by atoms with E-state index in [9.17, 15) is 0 Å². The molecule has 1 aliphatic rings. The Hall–Kier alpha value is -2.63. The van der Waals surface area contributed by atoms with Gasteiger partial charge in [0.15, 0.2) is 8.32 Å². The maximum atomic E-state index is 7.06. The molecule has 1 aliphatic heterocycles. The van der Waals surface area contributed by atoms with E-state index in [2.05, 4.69) is 56.0 Å². The molecule has 0 radical (unpaired) electrons. The molecule has 1 saturated heterocycles. The molecule has 1 aromatic heterocycles. The summed E-state index contributed by atoms with van der Waals surface area (Å²) >= 11 is 1.69. The van der Waals surface area contributed by atoms with Gasteiger partial charge in [-0.3, -0.25) is 0 Å². The second-order valence-electron chi connectivity index (χ2n) is 11.5. The van der Waals surface area contributed by atoms with Crippen LogP contribution in [0.1, 0.15) is 32.8 Å². The second-order valence-corrected chi connectivity index (χ2v) is 17.5. The lowest BCUT2D eigenvalue weighted by Crippen LogP contribution is -2.56. The molecule has 2 heterocycles. The first-order valence-electron chi connectivity index (χ1n) is 13.9. The van der Waals surface area contributed by atoms with Crippen molar-refractivity contribution in [3.05, 3.63) is 72.4 Å². The first-order chi connectivity index (χ1) is 19.6. The molecule has 10 heteroatoms. The largest absolute Gasteiger partial charge is 0.497 e. The van der Waals surface area contributed by atoms with Crippen LogP contribution in [-0.2, 0) is 20.5 Å². The van der Waals surface area contributed by atoms with Crippen LogP contribution in [-0.4, -0.2) is 62.9 Å². The summed E-state index contributed by atoms with van der Waals surface area (Å²) in [5.74, 6) is 1.24. The van der Waals surface area contributed by atoms with Crippen molar-refractivity contribution in [1.29, 1.82) is 0 Å². The molecule has 8 nitrogen and oxygen atoms in total. The van der Waals surface area contributed by atoms with Crippen LogP contribution in [0.4, 0.5) is 0 Å². The first-order valence-corrected chi connectivity index (χ1v) is 17.7. The minimum Gasteiger partial charge on any atom is -0.497 e. The third-order valence-electron chi connectivity index (χ3n) is 7.54. The minimum atomic E-state index is -2.15. The zero-order chi connectivity index (χ0) is 29.5. The van der Waals surface area contributed by atoms with Gasteiger partial charge in [-0.1, -0.05) is 62.9 Å². The lowest BCUT2D eigenvalue weighted by molar-refractivity contribution is -0.177. The van der Waals surface area contributed by atoms with Crippen LogP contribution in [0.5, 0.6) is 17.6 Å². The normalized spacial score (nSPS) is 21.3. The van der Waals surface area contributed by atoms with E-state index in [1.165, 1.54) is 0 Å². The molecule has 4 atom stereocenters. The summed E-state index contributed by atoms with van der Waals surface area (Å²) in [4.78, 5) is 9.70. The van der Waals surface area contributed by atoms with Gasteiger partial charge in [0.1, 0.15) is 30.0 Å². The molecule has 3 aromatic rings. The van der Waals surface area contributed by atoms with Crippen molar-refractivity contribution >= 4 is 20.1 Å². The minimum absolute atomic E-state index is 0.0360. The number of hydrogen-bond donors (Lipinski definition) is 0. The summed E-state index contributed by atoms with van der Waals surface area (Å²) in [6.07, 6.45) is 1.31. The predicted molar refractivity (Wildman–Crippen MR) is 163 cm³/mol. The lowest BCUT2D eigenvalue weighted by atomic mass is 10.0. The molecule has 0 bridgehead atoms. The summed E-state index contributed by atoms with van der Waals surface area (Å²) in [7, 11) is 1.08. The van der Waals surface area contributed by atoms with Crippen molar-refractivity contribution in [2.24, 2.45) is 0 Å². The number of aromatic nitrogens is 2. The number of benzene rings is 2. The van der Waals surface area contributed by atoms with Gasteiger partial charge in [0, 0.05) is 23.6 Å². The van der Waals surface area contributed by atoms with Crippen molar-refractivity contribution in [3.63, 3.8) is 0 Å². The highest BCUT2D eigenvalue weighted by Gasteiger charge is 2.47. The Bertz CT molecular complexity index is 1230. The average molecular weight is 599 g/mol. The highest BCUT2D eigenvalue weighted by molar-refractivity contribution is 7.99. The number of ether oxygens (including phenoxy) is 5. The van der Waals surface area contributed by atoms with Gasteiger partial charge in [-0.05, 0) is 48.0 Å². The second kappa shape index (κ2) is 14.0. The van der Waals surface area contributed by atoms with Gasteiger partial charge in [0.05, 0.1) is 26.9 Å². The summed E-state index contributed by atoms with van der Waals surface area (Å²) in [5, 5.41) is 0.0360. The Morgan fingerprint density at radius 3 is 2.37 bits per heavy atom. The van der Waals surface area contributed by atoms with Gasteiger partial charge in [0.2, 0.25) is 5.88 Å². The van der Waals surface area contributed by atoms with Crippen LogP contribution in [0.2, 0.25) is 18.1 Å². The predicted octanol–water partition coefficient (Wildman–Crippen LogP) is 6.76. The maximum absolute atomic E-state index is 7.06. The van der Waals surface area contributed by atoms with Gasteiger partial charge in [-0.2, -0.15) is 4.98 Å². The fraction of sp³-hybridized carbons (Fsp3) is 0.484. The van der Waals surface area contributed by atoms with E-state index in [4.69, 9.17) is 28.1 Å². The molecule has 0 unspecified atom stereocenters. The summed E-state index contributed by atoms with van der Waals surface area (Å²) in [5.41, 5.74) is 0.890. The zero-order valence-electron chi connectivity index (χ0n) is 25.0. The Morgan fingerprint density at radius 1 is 0.976 bits per heavy atom. The Morgan fingerprint density at radius 2 is 1.71 bits per heavy atom. The van der Waals surface area contributed by atoms with Crippen molar-refractivity contribution in [2.75, 3.05) is 20.8 Å². The van der Waals surface area contributed by atoms with E-state index in [-0.39, 0.29) is 35.3 Å². The number of nitrogens with zero attached hydrogens (tertiary/aromatic N) is 2. The Labute approximate surface area is 249 Å². The van der Waals surface area contributed by atoms with Crippen molar-refractivity contribution < 1.29 is 28.1 Å². The van der Waals surface area contributed by atoms with E-state index < -0.39 is 14.4 Å². The standard InChI is InChI=1S/C31H42N2O6SSi/c1-31(2,3)41(6,7)39-25-19-28(40-24-11-9-8-10-12-24)38-26(21-37-30-32-18-17-27(33-30)35-5)29(25)36-20-22-13-15-23(34-4)16-14-22/h8-18,25-26,28-29H,19-21H2,1-7H3/t25-,26-,28+,29+/m1/s1. The number of rotatable bonds is 12. The third kappa shape index (κ3) is 8.68. The van der Waals surface area contributed by atoms with E-state index >= 15 is 0 Å². The molecule has 41 heavy (non-hydrogen) atoms. The molecule has 0 amide bonds. The lowest BCUT2D eigenvalue weighted by Gasteiger charge is -2.46. The fourth-order valence-corrected chi connectivity index (χ4v) is 6.66. The number of methoxy groups -OCH3 is 2. The maximum Gasteiger partial charge on any atom is 0.319 e. The number of thioether (sulfide) groups is 1. The van der Waals surface area contributed by atoms with Crippen LogP contribution in [0, 0.1) is 0 Å². The van der Waals surface area contributed by atoms with E-state index in [1.807, 2.05) is 42.5 Å². The molecule has 0 saturated carbocycles. The smallest absolute Gasteiger partial charge is 0.319 e. The van der Waals surface area contributed by atoms with Crippen molar-refractivity contribution in [1.82, 2.24) is 9.97 Å². The molecular formula is C31H42N2O6SSi. The first kappa shape index (κ1) is 31.3. The van der Waals surface area contributed by atoms with E-state index in [1.54, 1.807) is 38.2 Å². The number of hydrogen-bond acceptors (Lipinski definition) is 9. The van der Waals surface area contributed by atoms with Gasteiger partial charge in [-0.25, -0.2) is 4.98 Å². The monoisotopic (exact) mass is 598 g/mol. The van der Waals surface area contributed by atoms with Crippen molar-refractivity contribution in [3.8, 4) is 17.6 Å². The molecule has 0 spiro atoms. The van der Waals surface area contributed by atoms with E-state index in [0.717, 1.165) is 16.2 Å². The van der Waals surface area contributed by atoms with Crippen molar-refractivity contribution in [2.45, 2.75) is 80.6 Å². The molecule has 2 aromatic carbocycles. The third-order valence-corrected chi connectivity index (χ3v) is 13.2. The average Bonchev–Trinajstić information content (AvgIpc) is 2.95. The highest BCUT2D eigenvalue weighted by Crippen LogP contribution is 2.42. The van der Waals surface area contributed by atoms with Crippen LogP contribution in [0.3, 0.4) is 0 Å². The molecule has 0 aliphatic carbocycles. The fourth-order valence-electron chi connectivity index (χ4n) is 4.22. The summed E-state index contributed by atoms with van der Waals surface area (Å²) in [6.45, 7) is 11.9.